The van der Waals surface area contributed by atoms with Crippen molar-refractivity contribution in [3.05, 3.63) is 102 Å². The van der Waals surface area contributed by atoms with Crippen LogP contribution in [0.3, 0.4) is 0 Å². The van der Waals surface area contributed by atoms with Gasteiger partial charge < -0.3 is 5.32 Å². The maximum atomic E-state index is 12.9. The SMILES string of the molecule is O=C(/C=C/c1ccc(F)cc1)Nc1cnn(Cc2cccc3ccccc23)c1. The van der Waals surface area contributed by atoms with E-state index in [9.17, 15) is 9.18 Å². The van der Waals surface area contributed by atoms with E-state index in [1.165, 1.54) is 29.0 Å². The molecule has 3 aromatic carbocycles. The molecule has 0 radical (unpaired) electrons. The molecule has 0 aliphatic carbocycles. The van der Waals surface area contributed by atoms with Gasteiger partial charge in [0.1, 0.15) is 5.82 Å². The molecule has 5 heteroatoms. The van der Waals surface area contributed by atoms with Gasteiger partial charge in [0.15, 0.2) is 0 Å². The van der Waals surface area contributed by atoms with Crippen LogP contribution in [0.25, 0.3) is 16.8 Å². The van der Waals surface area contributed by atoms with Crippen molar-refractivity contribution in [3.8, 4) is 0 Å². The summed E-state index contributed by atoms with van der Waals surface area (Å²) in [7, 11) is 0. The second-order valence-electron chi connectivity index (χ2n) is 6.44. The van der Waals surface area contributed by atoms with Crippen LogP contribution in [-0.2, 0) is 11.3 Å². The van der Waals surface area contributed by atoms with Crippen molar-refractivity contribution in [2.45, 2.75) is 6.54 Å². The Kier molecular flexibility index (Phi) is 4.97. The Labute approximate surface area is 161 Å². The molecule has 4 aromatic rings. The lowest BCUT2D eigenvalue weighted by atomic mass is 10.0. The highest BCUT2D eigenvalue weighted by atomic mass is 19.1. The Bertz CT molecular complexity index is 1140. The molecule has 0 unspecified atom stereocenters. The first-order chi connectivity index (χ1) is 13.7. The van der Waals surface area contributed by atoms with Gasteiger partial charge in [0, 0.05) is 12.3 Å². The van der Waals surface area contributed by atoms with Gasteiger partial charge in [0.25, 0.3) is 0 Å². The van der Waals surface area contributed by atoms with E-state index in [4.69, 9.17) is 0 Å². The van der Waals surface area contributed by atoms with Crippen molar-refractivity contribution in [1.82, 2.24) is 9.78 Å². The maximum absolute atomic E-state index is 12.9. The number of aromatic nitrogens is 2. The minimum absolute atomic E-state index is 0.269. The minimum Gasteiger partial charge on any atom is -0.320 e. The predicted octanol–water partition coefficient (Wildman–Crippen LogP) is 4.88. The first kappa shape index (κ1) is 17.7. The van der Waals surface area contributed by atoms with Gasteiger partial charge >= 0.3 is 0 Å². The van der Waals surface area contributed by atoms with Crippen LogP contribution in [0.15, 0.2) is 85.2 Å². The molecule has 0 saturated carbocycles. The van der Waals surface area contributed by atoms with Crippen LogP contribution in [0, 0.1) is 5.82 Å². The first-order valence-corrected chi connectivity index (χ1v) is 8.91. The van der Waals surface area contributed by atoms with Crippen LogP contribution in [-0.4, -0.2) is 15.7 Å². The number of nitrogens with one attached hydrogen (secondary N) is 1. The number of hydrogen-bond donors (Lipinski definition) is 1. The summed E-state index contributed by atoms with van der Waals surface area (Å²) in [5, 5.41) is 9.49. The first-order valence-electron chi connectivity index (χ1n) is 8.91. The number of amides is 1. The number of anilines is 1. The summed E-state index contributed by atoms with van der Waals surface area (Å²) in [6.45, 7) is 0.614. The molecular weight excluding hydrogens is 353 g/mol. The zero-order valence-electron chi connectivity index (χ0n) is 15.0. The van der Waals surface area contributed by atoms with Gasteiger partial charge in [-0.3, -0.25) is 9.48 Å². The topological polar surface area (TPSA) is 46.9 Å². The zero-order chi connectivity index (χ0) is 19.3. The molecule has 0 aliphatic heterocycles. The molecular formula is C23H18FN3O. The van der Waals surface area contributed by atoms with Gasteiger partial charge in [0.2, 0.25) is 5.91 Å². The molecule has 0 bridgehead atoms. The van der Waals surface area contributed by atoms with Crippen LogP contribution in [0.4, 0.5) is 10.1 Å². The second-order valence-corrected chi connectivity index (χ2v) is 6.44. The number of nitrogens with zero attached hydrogens (tertiary/aromatic N) is 2. The molecule has 1 heterocycles. The highest BCUT2D eigenvalue weighted by Crippen LogP contribution is 2.19. The van der Waals surface area contributed by atoms with Gasteiger partial charge in [-0.15, -0.1) is 0 Å². The van der Waals surface area contributed by atoms with E-state index in [1.807, 2.05) is 18.2 Å². The summed E-state index contributed by atoms with van der Waals surface area (Å²) in [6.07, 6.45) is 6.46. The van der Waals surface area contributed by atoms with E-state index >= 15 is 0 Å². The second kappa shape index (κ2) is 7.88. The molecule has 1 N–H and O–H groups in total. The van der Waals surface area contributed by atoms with E-state index in [0.29, 0.717) is 12.2 Å². The molecule has 0 atom stereocenters. The number of fused-ring (bicyclic) bond motifs is 1. The highest BCUT2D eigenvalue weighted by molar-refractivity contribution is 6.01. The van der Waals surface area contributed by atoms with Crippen LogP contribution in [0.1, 0.15) is 11.1 Å². The average Bonchev–Trinajstić information content (AvgIpc) is 3.14. The maximum Gasteiger partial charge on any atom is 0.248 e. The van der Waals surface area contributed by atoms with Crippen molar-refractivity contribution < 1.29 is 9.18 Å². The van der Waals surface area contributed by atoms with E-state index in [2.05, 4.69) is 34.7 Å². The summed E-state index contributed by atoms with van der Waals surface area (Å²) in [4.78, 5) is 12.1. The van der Waals surface area contributed by atoms with Crippen LogP contribution in [0.5, 0.6) is 0 Å². The van der Waals surface area contributed by atoms with E-state index in [1.54, 1.807) is 35.3 Å². The van der Waals surface area contributed by atoms with E-state index < -0.39 is 0 Å². The fourth-order valence-electron chi connectivity index (χ4n) is 3.05. The molecule has 0 fully saturated rings. The molecule has 138 valence electrons. The molecule has 1 amide bonds. The Hall–Kier alpha value is -3.73. The van der Waals surface area contributed by atoms with Crippen molar-refractivity contribution in [2.24, 2.45) is 0 Å². The number of rotatable bonds is 5. The highest BCUT2D eigenvalue weighted by Gasteiger charge is 2.05. The third-order valence-electron chi connectivity index (χ3n) is 4.41. The zero-order valence-corrected chi connectivity index (χ0v) is 15.0. The molecule has 0 spiro atoms. The monoisotopic (exact) mass is 371 g/mol. The van der Waals surface area contributed by atoms with Crippen molar-refractivity contribution >= 4 is 28.4 Å². The Balaban J connectivity index is 1.42. The standard InChI is InChI=1S/C23H18FN3O/c24-20-11-8-17(9-12-20)10-13-23(28)26-21-14-25-27(16-21)15-19-6-3-5-18-4-1-2-7-22(18)19/h1-14,16H,15H2,(H,26,28)/b13-10+. The van der Waals surface area contributed by atoms with Gasteiger partial charge in [-0.25, -0.2) is 4.39 Å². The van der Waals surface area contributed by atoms with E-state index in [0.717, 1.165) is 11.1 Å². The lowest BCUT2D eigenvalue weighted by Crippen LogP contribution is -2.07. The molecule has 4 nitrogen and oxygen atoms in total. The lowest BCUT2D eigenvalue weighted by Gasteiger charge is -2.06. The van der Waals surface area contributed by atoms with Crippen LogP contribution in [0.2, 0.25) is 0 Å². The third-order valence-corrected chi connectivity index (χ3v) is 4.41. The van der Waals surface area contributed by atoms with Gasteiger partial charge in [-0.05, 0) is 40.1 Å². The number of carbonyl (C=O) groups is 1. The lowest BCUT2D eigenvalue weighted by molar-refractivity contribution is -0.111. The predicted molar refractivity (Wildman–Crippen MR) is 109 cm³/mol. The van der Waals surface area contributed by atoms with Gasteiger partial charge in [0.05, 0.1) is 18.4 Å². The molecule has 1 aromatic heterocycles. The number of carbonyl (C=O) groups excluding carboxylic acids is 1. The summed E-state index contributed by atoms with van der Waals surface area (Å²) in [5.74, 6) is -0.575. The molecule has 0 aliphatic rings. The summed E-state index contributed by atoms with van der Waals surface area (Å²) in [6, 6.07) is 20.4. The number of hydrogen-bond acceptors (Lipinski definition) is 2. The summed E-state index contributed by atoms with van der Waals surface area (Å²) < 4.78 is 14.7. The normalized spacial score (nSPS) is 11.2. The van der Waals surface area contributed by atoms with Crippen LogP contribution < -0.4 is 5.32 Å². The summed E-state index contributed by atoms with van der Waals surface area (Å²) >= 11 is 0. The Morgan fingerprint density at radius 3 is 2.68 bits per heavy atom. The molecule has 28 heavy (non-hydrogen) atoms. The smallest absolute Gasteiger partial charge is 0.248 e. The fourth-order valence-corrected chi connectivity index (χ4v) is 3.05. The van der Waals surface area contributed by atoms with Crippen molar-refractivity contribution in [3.63, 3.8) is 0 Å². The number of halogens is 1. The minimum atomic E-state index is -0.305. The van der Waals surface area contributed by atoms with Crippen molar-refractivity contribution in [1.29, 1.82) is 0 Å². The number of benzene rings is 3. The van der Waals surface area contributed by atoms with Crippen molar-refractivity contribution in [2.75, 3.05) is 5.32 Å². The third kappa shape index (κ3) is 4.15. The fraction of sp³-hybridized carbons (Fsp3) is 0.0435. The average molecular weight is 371 g/mol. The Morgan fingerprint density at radius 1 is 1.04 bits per heavy atom. The van der Waals surface area contributed by atoms with Gasteiger partial charge in [-0.2, -0.15) is 5.10 Å². The summed E-state index contributed by atoms with van der Waals surface area (Å²) in [5.41, 5.74) is 2.53. The van der Waals surface area contributed by atoms with Gasteiger partial charge in [-0.1, -0.05) is 54.6 Å². The largest absolute Gasteiger partial charge is 0.320 e. The Morgan fingerprint density at radius 2 is 1.82 bits per heavy atom. The molecule has 4 rings (SSSR count). The van der Waals surface area contributed by atoms with Crippen LogP contribution >= 0.6 is 0 Å². The molecule has 0 saturated heterocycles. The quantitative estimate of drug-likeness (QED) is 0.509. The van der Waals surface area contributed by atoms with E-state index in [-0.39, 0.29) is 11.7 Å².